The van der Waals surface area contributed by atoms with E-state index < -0.39 is 0 Å². The minimum atomic E-state index is -0.215. The quantitative estimate of drug-likeness (QED) is 0.765. The average Bonchev–Trinajstić information content (AvgIpc) is 3.39. The van der Waals surface area contributed by atoms with Gasteiger partial charge in [-0.3, -0.25) is 9.59 Å². The standard InChI is InChI=1S/C19H17BrN2O2/c20-15-6-1-13(2-7-15)3-12-18(23)21-16-8-4-14(5-9-16)19(24)22-17-10-11-17/h1-9,12,17H,10-11H2,(H,21,23)(H,22,24)/b12-3+. The van der Waals surface area contributed by atoms with Crippen LogP contribution in [-0.4, -0.2) is 17.9 Å². The number of nitrogens with one attached hydrogen (secondary N) is 2. The summed E-state index contributed by atoms with van der Waals surface area (Å²) in [5, 5.41) is 5.71. The van der Waals surface area contributed by atoms with Crippen molar-refractivity contribution in [1.82, 2.24) is 5.32 Å². The number of anilines is 1. The van der Waals surface area contributed by atoms with Crippen LogP contribution in [0, 0.1) is 0 Å². The predicted octanol–water partition coefficient (Wildman–Crippen LogP) is 3.99. The Morgan fingerprint density at radius 3 is 2.29 bits per heavy atom. The molecule has 2 aromatic rings. The minimum Gasteiger partial charge on any atom is -0.349 e. The first-order valence-corrected chi connectivity index (χ1v) is 8.55. The van der Waals surface area contributed by atoms with Crippen molar-refractivity contribution in [1.29, 1.82) is 0 Å². The van der Waals surface area contributed by atoms with E-state index in [1.54, 1.807) is 30.3 Å². The molecule has 4 nitrogen and oxygen atoms in total. The van der Waals surface area contributed by atoms with Crippen molar-refractivity contribution in [3.8, 4) is 0 Å². The second-order valence-electron chi connectivity index (χ2n) is 5.70. The van der Waals surface area contributed by atoms with Gasteiger partial charge in [-0.25, -0.2) is 0 Å². The molecule has 5 heteroatoms. The molecule has 2 aromatic carbocycles. The fourth-order valence-electron chi connectivity index (χ4n) is 2.13. The molecule has 2 amide bonds. The van der Waals surface area contributed by atoms with Crippen LogP contribution in [0.2, 0.25) is 0 Å². The molecule has 1 saturated carbocycles. The molecule has 0 aliphatic heterocycles. The highest BCUT2D eigenvalue weighted by atomic mass is 79.9. The zero-order valence-corrected chi connectivity index (χ0v) is 14.5. The highest BCUT2D eigenvalue weighted by Gasteiger charge is 2.23. The van der Waals surface area contributed by atoms with Crippen LogP contribution in [0.25, 0.3) is 6.08 Å². The summed E-state index contributed by atoms with van der Waals surface area (Å²) in [6.45, 7) is 0. The molecule has 0 bridgehead atoms. The van der Waals surface area contributed by atoms with Crippen molar-refractivity contribution in [2.75, 3.05) is 5.32 Å². The van der Waals surface area contributed by atoms with Gasteiger partial charge in [0.2, 0.25) is 5.91 Å². The molecule has 0 unspecified atom stereocenters. The molecule has 0 atom stereocenters. The minimum absolute atomic E-state index is 0.0643. The van der Waals surface area contributed by atoms with Crippen molar-refractivity contribution >= 4 is 39.5 Å². The van der Waals surface area contributed by atoms with Crippen molar-refractivity contribution in [3.63, 3.8) is 0 Å². The lowest BCUT2D eigenvalue weighted by atomic mass is 10.2. The first-order chi connectivity index (χ1) is 11.6. The van der Waals surface area contributed by atoms with Gasteiger partial charge in [-0.15, -0.1) is 0 Å². The highest BCUT2D eigenvalue weighted by Crippen LogP contribution is 2.19. The van der Waals surface area contributed by atoms with Gasteiger partial charge in [0.05, 0.1) is 0 Å². The molecule has 0 radical (unpaired) electrons. The van der Waals surface area contributed by atoms with E-state index in [1.807, 2.05) is 24.3 Å². The number of halogens is 1. The summed E-state index contributed by atoms with van der Waals surface area (Å²) < 4.78 is 0.995. The van der Waals surface area contributed by atoms with Gasteiger partial charge in [0.15, 0.2) is 0 Å². The molecule has 1 aliphatic rings. The van der Waals surface area contributed by atoms with Crippen LogP contribution in [0.4, 0.5) is 5.69 Å². The van der Waals surface area contributed by atoms with E-state index in [0.717, 1.165) is 22.9 Å². The number of benzene rings is 2. The zero-order chi connectivity index (χ0) is 16.9. The third-order valence-electron chi connectivity index (χ3n) is 3.62. The van der Waals surface area contributed by atoms with Crippen LogP contribution >= 0.6 is 15.9 Å². The monoisotopic (exact) mass is 384 g/mol. The van der Waals surface area contributed by atoms with E-state index in [0.29, 0.717) is 17.3 Å². The molecule has 0 spiro atoms. The first-order valence-electron chi connectivity index (χ1n) is 7.76. The van der Waals surface area contributed by atoms with Crippen LogP contribution in [0.1, 0.15) is 28.8 Å². The maximum absolute atomic E-state index is 11.9. The van der Waals surface area contributed by atoms with Crippen LogP contribution < -0.4 is 10.6 Å². The molecule has 1 aliphatic carbocycles. The molecule has 122 valence electrons. The SMILES string of the molecule is O=C(/C=C/c1ccc(Br)cc1)Nc1ccc(C(=O)NC2CC2)cc1. The van der Waals surface area contributed by atoms with Gasteiger partial charge < -0.3 is 10.6 Å². The lowest BCUT2D eigenvalue weighted by Gasteiger charge is -2.05. The lowest BCUT2D eigenvalue weighted by molar-refractivity contribution is -0.111. The predicted molar refractivity (Wildman–Crippen MR) is 98.7 cm³/mol. The average molecular weight is 385 g/mol. The molecule has 1 fully saturated rings. The lowest BCUT2D eigenvalue weighted by Crippen LogP contribution is -2.25. The fraction of sp³-hybridized carbons (Fsp3) is 0.158. The highest BCUT2D eigenvalue weighted by molar-refractivity contribution is 9.10. The van der Waals surface area contributed by atoms with Crippen LogP contribution in [0.15, 0.2) is 59.1 Å². The summed E-state index contributed by atoms with van der Waals surface area (Å²) in [5.74, 6) is -0.279. The van der Waals surface area contributed by atoms with Crippen LogP contribution in [0.3, 0.4) is 0 Å². The molecule has 2 N–H and O–H groups in total. The van der Waals surface area contributed by atoms with Gasteiger partial charge in [0.25, 0.3) is 5.91 Å². The summed E-state index contributed by atoms with van der Waals surface area (Å²) >= 11 is 3.37. The third kappa shape index (κ3) is 4.80. The maximum Gasteiger partial charge on any atom is 0.251 e. The molecule has 0 heterocycles. The maximum atomic E-state index is 11.9. The van der Waals surface area contributed by atoms with Crippen LogP contribution in [-0.2, 0) is 4.79 Å². The molecular formula is C19H17BrN2O2. The Kier molecular flexibility index (Phi) is 5.11. The Balaban J connectivity index is 1.55. The van der Waals surface area contributed by atoms with Crippen LogP contribution in [0.5, 0.6) is 0 Å². The van der Waals surface area contributed by atoms with Crippen molar-refractivity contribution < 1.29 is 9.59 Å². The van der Waals surface area contributed by atoms with Gasteiger partial charge in [-0.05, 0) is 60.9 Å². The van der Waals surface area contributed by atoms with E-state index in [9.17, 15) is 9.59 Å². The number of hydrogen-bond acceptors (Lipinski definition) is 2. The summed E-state index contributed by atoms with van der Waals surface area (Å²) in [4.78, 5) is 23.8. The van der Waals surface area contributed by atoms with Crippen molar-refractivity contribution in [2.24, 2.45) is 0 Å². The van der Waals surface area contributed by atoms with Crippen molar-refractivity contribution in [2.45, 2.75) is 18.9 Å². The molecular weight excluding hydrogens is 368 g/mol. The summed E-state index contributed by atoms with van der Waals surface area (Å²) in [7, 11) is 0. The van der Waals surface area contributed by atoms with Gasteiger partial charge in [0.1, 0.15) is 0 Å². The molecule has 3 rings (SSSR count). The van der Waals surface area contributed by atoms with E-state index >= 15 is 0 Å². The number of amides is 2. The van der Waals surface area contributed by atoms with Crippen molar-refractivity contribution in [3.05, 3.63) is 70.2 Å². The molecule has 0 saturated heterocycles. The summed E-state index contributed by atoms with van der Waals surface area (Å²) in [6.07, 6.45) is 5.35. The van der Waals surface area contributed by atoms with E-state index in [4.69, 9.17) is 0 Å². The zero-order valence-electron chi connectivity index (χ0n) is 13.0. The molecule has 0 aromatic heterocycles. The van der Waals surface area contributed by atoms with E-state index in [1.165, 1.54) is 6.08 Å². The second-order valence-corrected chi connectivity index (χ2v) is 6.61. The number of carbonyl (C=O) groups excluding carboxylic acids is 2. The fourth-order valence-corrected chi connectivity index (χ4v) is 2.40. The normalized spacial score (nSPS) is 13.7. The Hall–Kier alpha value is -2.40. The number of hydrogen-bond donors (Lipinski definition) is 2. The Morgan fingerprint density at radius 2 is 1.67 bits per heavy atom. The van der Waals surface area contributed by atoms with Gasteiger partial charge >= 0.3 is 0 Å². The van der Waals surface area contributed by atoms with Gasteiger partial charge in [-0.1, -0.05) is 28.1 Å². The molecule has 24 heavy (non-hydrogen) atoms. The first kappa shape index (κ1) is 16.5. The van der Waals surface area contributed by atoms with E-state index in [2.05, 4.69) is 26.6 Å². The second kappa shape index (κ2) is 7.45. The largest absolute Gasteiger partial charge is 0.349 e. The topological polar surface area (TPSA) is 58.2 Å². The summed E-state index contributed by atoms with van der Waals surface area (Å²) in [5.41, 5.74) is 2.20. The smallest absolute Gasteiger partial charge is 0.251 e. The van der Waals surface area contributed by atoms with E-state index in [-0.39, 0.29) is 11.8 Å². The third-order valence-corrected chi connectivity index (χ3v) is 4.15. The van der Waals surface area contributed by atoms with Gasteiger partial charge in [0, 0.05) is 27.8 Å². The van der Waals surface area contributed by atoms with Gasteiger partial charge in [-0.2, -0.15) is 0 Å². The Labute approximate surface area is 149 Å². The number of rotatable bonds is 5. The Bertz CT molecular complexity index is 763. The number of carbonyl (C=O) groups is 2. The summed E-state index contributed by atoms with van der Waals surface area (Å²) in [6, 6.07) is 14.9. The Morgan fingerprint density at radius 1 is 1.00 bits per heavy atom.